The van der Waals surface area contributed by atoms with E-state index in [0.29, 0.717) is 36.3 Å². The van der Waals surface area contributed by atoms with Crippen molar-refractivity contribution in [1.82, 2.24) is 0 Å². The van der Waals surface area contributed by atoms with E-state index in [1.807, 2.05) is 26.0 Å². The Morgan fingerprint density at radius 3 is 2.30 bits per heavy atom. The quantitative estimate of drug-likeness (QED) is 0.435. The summed E-state index contributed by atoms with van der Waals surface area (Å²) in [6.45, 7) is 6.31. The molecule has 2 aromatic carbocycles. The molecule has 3 aromatic rings. The second-order valence-corrected chi connectivity index (χ2v) is 8.53. The molecule has 4 nitrogen and oxygen atoms in total. The largest absolute Gasteiger partial charge is 0.489 e. The van der Waals surface area contributed by atoms with Crippen LogP contribution in [0.4, 0.5) is 0 Å². The Hall–Kier alpha value is -2.18. The van der Waals surface area contributed by atoms with Crippen LogP contribution in [0.5, 0.6) is 5.75 Å². The van der Waals surface area contributed by atoms with E-state index >= 15 is 0 Å². The molecule has 0 aliphatic rings. The van der Waals surface area contributed by atoms with Crippen molar-refractivity contribution in [3.8, 4) is 16.2 Å². The summed E-state index contributed by atoms with van der Waals surface area (Å²) in [7, 11) is 0. The van der Waals surface area contributed by atoms with E-state index in [-0.39, 0.29) is 13.2 Å². The van der Waals surface area contributed by atoms with Gasteiger partial charge < -0.3 is 20.1 Å². The van der Waals surface area contributed by atoms with Gasteiger partial charge in [0.1, 0.15) is 12.4 Å². The summed E-state index contributed by atoms with van der Waals surface area (Å²) in [5.74, 6) is 0.669. The smallest absolute Gasteiger partial charge is 0.120 e. The fraction of sp³-hybridized carbons (Fsp3) is 0.360. The van der Waals surface area contributed by atoms with E-state index in [4.69, 9.17) is 4.74 Å². The summed E-state index contributed by atoms with van der Waals surface area (Å²) >= 11 is 1.67. The van der Waals surface area contributed by atoms with Crippen LogP contribution in [0.15, 0.2) is 47.8 Å². The number of benzene rings is 2. The van der Waals surface area contributed by atoms with Crippen molar-refractivity contribution in [2.75, 3.05) is 0 Å². The lowest BCUT2D eigenvalue weighted by Crippen LogP contribution is -2.23. The van der Waals surface area contributed by atoms with Gasteiger partial charge in [0.2, 0.25) is 0 Å². The second-order valence-electron chi connectivity index (χ2n) is 7.62. The fourth-order valence-corrected chi connectivity index (χ4v) is 4.63. The highest BCUT2D eigenvalue weighted by Crippen LogP contribution is 2.35. The molecule has 160 valence electrons. The van der Waals surface area contributed by atoms with E-state index in [2.05, 4.69) is 30.5 Å². The maximum Gasteiger partial charge on any atom is 0.120 e. The molecule has 0 amide bonds. The second kappa shape index (κ2) is 9.75. The molecule has 0 spiro atoms. The molecule has 0 radical (unpaired) electrons. The molecule has 5 heteroatoms. The third kappa shape index (κ3) is 4.76. The molecule has 0 bridgehead atoms. The summed E-state index contributed by atoms with van der Waals surface area (Å²) in [5.41, 5.74) is 4.98. The number of thiophene rings is 1. The molecule has 0 atom stereocenters. The maximum absolute atomic E-state index is 10.8. The number of hydrogen-bond acceptors (Lipinski definition) is 5. The zero-order valence-corrected chi connectivity index (χ0v) is 18.6. The predicted octanol–water partition coefficient (Wildman–Crippen LogP) is 5.29. The SMILES string of the molecule is CCC(O)(CC)c1ccc(-c2cc(COc3ccc(CO)c(CO)c3)cs2)c(C)c1. The first-order valence-corrected chi connectivity index (χ1v) is 11.2. The number of aliphatic hydroxyl groups excluding tert-OH is 2. The third-order valence-corrected chi connectivity index (χ3v) is 6.79. The number of hydrogen-bond donors (Lipinski definition) is 3. The standard InChI is InChI=1S/C25H30O4S/c1-4-25(28,5-2)21-7-9-23(17(3)10-21)24-11-18(16-30-24)15-29-22-8-6-19(13-26)20(12-22)14-27/h6-12,16,26-28H,4-5,13-15H2,1-3H3. The van der Waals surface area contributed by atoms with E-state index in [0.717, 1.165) is 16.7 Å². The van der Waals surface area contributed by atoms with E-state index in [9.17, 15) is 15.3 Å². The van der Waals surface area contributed by atoms with Crippen LogP contribution in [-0.2, 0) is 25.4 Å². The van der Waals surface area contributed by atoms with Crippen LogP contribution in [-0.4, -0.2) is 15.3 Å². The summed E-state index contributed by atoms with van der Waals surface area (Å²) < 4.78 is 5.89. The Morgan fingerprint density at radius 1 is 0.933 bits per heavy atom. The van der Waals surface area contributed by atoms with Crippen LogP contribution in [0.25, 0.3) is 10.4 Å². The molecular weight excluding hydrogens is 396 g/mol. The van der Waals surface area contributed by atoms with Gasteiger partial charge in [-0.3, -0.25) is 0 Å². The molecule has 0 saturated carbocycles. The normalized spacial score (nSPS) is 11.7. The number of ether oxygens (including phenoxy) is 1. The highest BCUT2D eigenvalue weighted by atomic mass is 32.1. The lowest BCUT2D eigenvalue weighted by molar-refractivity contribution is 0.0283. The van der Waals surface area contributed by atoms with E-state index in [1.165, 1.54) is 10.4 Å². The van der Waals surface area contributed by atoms with Crippen molar-refractivity contribution in [3.05, 3.63) is 75.7 Å². The van der Waals surface area contributed by atoms with Gasteiger partial charge in [-0.25, -0.2) is 0 Å². The van der Waals surface area contributed by atoms with Crippen LogP contribution in [0, 0.1) is 6.92 Å². The molecule has 0 saturated heterocycles. The predicted molar refractivity (Wildman–Crippen MR) is 122 cm³/mol. The van der Waals surface area contributed by atoms with Gasteiger partial charge >= 0.3 is 0 Å². The van der Waals surface area contributed by atoms with Gasteiger partial charge in [-0.1, -0.05) is 38.1 Å². The Kier molecular flexibility index (Phi) is 7.32. The van der Waals surface area contributed by atoms with Crippen LogP contribution in [0.2, 0.25) is 0 Å². The molecule has 0 aliphatic heterocycles. The summed E-state index contributed by atoms with van der Waals surface area (Å²) in [6.07, 6.45) is 1.39. The van der Waals surface area contributed by atoms with Gasteiger partial charge in [-0.15, -0.1) is 11.3 Å². The van der Waals surface area contributed by atoms with Crippen molar-refractivity contribution in [3.63, 3.8) is 0 Å². The van der Waals surface area contributed by atoms with Gasteiger partial charge in [0.05, 0.1) is 18.8 Å². The van der Waals surface area contributed by atoms with E-state index in [1.54, 1.807) is 23.5 Å². The molecule has 1 aromatic heterocycles. The van der Waals surface area contributed by atoms with Gasteiger partial charge in [0.25, 0.3) is 0 Å². The lowest BCUT2D eigenvalue weighted by Gasteiger charge is -2.26. The van der Waals surface area contributed by atoms with Crippen molar-refractivity contribution in [2.24, 2.45) is 0 Å². The monoisotopic (exact) mass is 426 g/mol. The van der Waals surface area contributed by atoms with Crippen LogP contribution in [0.3, 0.4) is 0 Å². The topological polar surface area (TPSA) is 69.9 Å². The lowest BCUT2D eigenvalue weighted by atomic mass is 9.87. The average Bonchev–Trinajstić information content (AvgIpc) is 3.25. The number of aryl methyl sites for hydroxylation is 1. The minimum absolute atomic E-state index is 0.101. The first-order valence-electron chi connectivity index (χ1n) is 10.3. The van der Waals surface area contributed by atoms with Gasteiger partial charge in [0, 0.05) is 10.4 Å². The Bertz CT molecular complexity index is 989. The fourth-order valence-electron chi connectivity index (χ4n) is 3.64. The van der Waals surface area contributed by atoms with Crippen molar-refractivity contribution in [1.29, 1.82) is 0 Å². The minimum atomic E-state index is -0.767. The molecule has 0 aliphatic carbocycles. The maximum atomic E-state index is 10.8. The van der Waals surface area contributed by atoms with Crippen molar-refractivity contribution in [2.45, 2.75) is 59.0 Å². The van der Waals surface area contributed by atoms with Crippen LogP contribution >= 0.6 is 11.3 Å². The van der Waals surface area contributed by atoms with Gasteiger partial charge in [-0.2, -0.15) is 0 Å². The molecule has 3 N–H and O–H groups in total. The summed E-state index contributed by atoms with van der Waals surface area (Å²) in [4.78, 5) is 1.17. The van der Waals surface area contributed by atoms with Gasteiger partial charge in [0.15, 0.2) is 0 Å². The van der Waals surface area contributed by atoms with Crippen LogP contribution in [0.1, 0.15) is 54.5 Å². The first kappa shape index (κ1) is 22.5. The minimum Gasteiger partial charge on any atom is -0.489 e. The molecule has 1 heterocycles. The first-order chi connectivity index (χ1) is 14.4. The number of rotatable bonds is 9. The molecule has 3 rings (SSSR count). The Morgan fingerprint density at radius 2 is 1.67 bits per heavy atom. The average molecular weight is 427 g/mol. The van der Waals surface area contributed by atoms with E-state index < -0.39 is 5.60 Å². The molecule has 0 unspecified atom stereocenters. The Balaban J connectivity index is 1.74. The molecule has 0 fully saturated rings. The summed E-state index contributed by atoms with van der Waals surface area (Å²) in [5, 5.41) is 31.6. The van der Waals surface area contributed by atoms with Crippen molar-refractivity contribution >= 4 is 11.3 Å². The summed E-state index contributed by atoms with van der Waals surface area (Å²) in [6, 6.07) is 13.7. The van der Waals surface area contributed by atoms with Crippen molar-refractivity contribution < 1.29 is 20.1 Å². The zero-order valence-electron chi connectivity index (χ0n) is 17.8. The molecular formula is C25H30O4S. The highest BCUT2D eigenvalue weighted by Gasteiger charge is 2.25. The Labute approximate surface area is 182 Å². The highest BCUT2D eigenvalue weighted by molar-refractivity contribution is 7.13. The third-order valence-electron chi connectivity index (χ3n) is 5.78. The molecule has 30 heavy (non-hydrogen) atoms. The van der Waals surface area contributed by atoms with Gasteiger partial charge in [-0.05, 0) is 71.2 Å². The zero-order chi connectivity index (χ0) is 21.7. The van der Waals surface area contributed by atoms with Crippen LogP contribution < -0.4 is 4.74 Å². The number of aliphatic hydroxyl groups is 3.